The van der Waals surface area contributed by atoms with Crippen LogP contribution in [-0.2, 0) is 4.79 Å². The first kappa shape index (κ1) is 18.1. The highest BCUT2D eigenvalue weighted by Gasteiger charge is 2.31. The van der Waals surface area contributed by atoms with Gasteiger partial charge in [-0.2, -0.15) is 0 Å². The molecule has 5 heteroatoms. The van der Waals surface area contributed by atoms with E-state index in [4.69, 9.17) is 0 Å². The van der Waals surface area contributed by atoms with Crippen LogP contribution < -0.4 is 5.32 Å². The molecule has 0 spiro atoms. The van der Waals surface area contributed by atoms with Crippen LogP contribution in [0.25, 0.3) is 0 Å². The minimum Gasteiger partial charge on any atom is -0.342 e. The van der Waals surface area contributed by atoms with Gasteiger partial charge >= 0.3 is 6.03 Å². The van der Waals surface area contributed by atoms with Crippen LogP contribution in [0.1, 0.15) is 65.2 Å². The molecule has 0 aromatic heterocycles. The highest BCUT2D eigenvalue weighted by Crippen LogP contribution is 2.22. The number of carbonyl (C=O) groups excluding carboxylic acids is 2. The third-order valence-corrected chi connectivity index (χ3v) is 5.16. The number of amides is 3. The van der Waals surface area contributed by atoms with Crippen molar-refractivity contribution in [3.8, 4) is 0 Å². The van der Waals surface area contributed by atoms with Crippen molar-refractivity contribution in [2.75, 3.05) is 26.2 Å². The molecule has 1 atom stereocenters. The fourth-order valence-electron chi connectivity index (χ4n) is 3.60. The van der Waals surface area contributed by atoms with Crippen LogP contribution in [0.3, 0.4) is 0 Å². The molecule has 2 rings (SSSR count). The summed E-state index contributed by atoms with van der Waals surface area (Å²) in [5.41, 5.74) is 0. The lowest BCUT2D eigenvalue weighted by Gasteiger charge is -2.33. The molecular weight excluding hydrogens is 290 g/mol. The summed E-state index contributed by atoms with van der Waals surface area (Å²) in [6.07, 6.45) is 8.56. The van der Waals surface area contributed by atoms with E-state index in [0.29, 0.717) is 19.0 Å². The number of hydrogen-bond donors (Lipinski definition) is 1. The van der Waals surface area contributed by atoms with E-state index < -0.39 is 0 Å². The van der Waals surface area contributed by atoms with Crippen molar-refractivity contribution in [1.29, 1.82) is 0 Å². The van der Waals surface area contributed by atoms with Crippen LogP contribution >= 0.6 is 0 Å². The maximum Gasteiger partial charge on any atom is 0.317 e. The Bertz CT molecular complexity index is 386. The maximum absolute atomic E-state index is 12.4. The Balaban J connectivity index is 1.68. The average Bonchev–Trinajstić information content (AvgIpc) is 3.09. The number of nitrogens with one attached hydrogen (secondary N) is 1. The molecule has 2 aliphatic rings. The predicted octanol–water partition coefficient (Wildman–Crippen LogP) is 3.00. The molecule has 0 aliphatic carbocycles. The molecule has 1 unspecified atom stereocenters. The highest BCUT2D eigenvalue weighted by atomic mass is 16.2. The summed E-state index contributed by atoms with van der Waals surface area (Å²) in [5.74, 6) is 0.439. The van der Waals surface area contributed by atoms with Crippen LogP contribution in [0.15, 0.2) is 0 Å². The van der Waals surface area contributed by atoms with Gasteiger partial charge in [-0.3, -0.25) is 4.79 Å². The fraction of sp³-hybridized carbons (Fsp3) is 0.889. The second-order valence-electron chi connectivity index (χ2n) is 7.14. The first-order chi connectivity index (χ1) is 11.1. The first-order valence-electron chi connectivity index (χ1n) is 9.46. The van der Waals surface area contributed by atoms with E-state index in [1.54, 1.807) is 0 Å². The molecule has 23 heavy (non-hydrogen) atoms. The number of piperidine rings is 1. The summed E-state index contributed by atoms with van der Waals surface area (Å²) in [5, 5.41) is 3.10. The average molecular weight is 323 g/mol. The Labute approximate surface area is 140 Å². The summed E-state index contributed by atoms with van der Waals surface area (Å²) in [6.45, 7) is 7.53. The zero-order valence-corrected chi connectivity index (χ0v) is 14.9. The van der Waals surface area contributed by atoms with Gasteiger partial charge < -0.3 is 15.1 Å². The Morgan fingerprint density at radius 1 is 1.04 bits per heavy atom. The van der Waals surface area contributed by atoms with Gasteiger partial charge in [-0.15, -0.1) is 0 Å². The summed E-state index contributed by atoms with van der Waals surface area (Å²) >= 11 is 0. The van der Waals surface area contributed by atoms with Crippen molar-refractivity contribution in [1.82, 2.24) is 15.1 Å². The van der Waals surface area contributed by atoms with Gasteiger partial charge in [-0.05, 0) is 39.0 Å². The topological polar surface area (TPSA) is 52.7 Å². The van der Waals surface area contributed by atoms with Crippen molar-refractivity contribution in [2.45, 2.75) is 71.3 Å². The van der Waals surface area contributed by atoms with E-state index in [2.05, 4.69) is 19.2 Å². The summed E-state index contributed by atoms with van der Waals surface area (Å²) in [6, 6.07) is 0.277. The van der Waals surface area contributed by atoms with Crippen molar-refractivity contribution in [3.05, 3.63) is 0 Å². The molecule has 0 bridgehead atoms. The van der Waals surface area contributed by atoms with Gasteiger partial charge in [0.05, 0.1) is 0 Å². The third kappa shape index (κ3) is 5.40. The zero-order chi connectivity index (χ0) is 16.7. The number of hydrogen-bond acceptors (Lipinski definition) is 2. The number of carbonyl (C=O) groups is 2. The minimum absolute atomic E-state index is 0.0427. The number of nitrogens with zero attached hydrogens (tertiary/aromatic N) is 2. The van der Waals surface area contributed by atoms with Gasteiger partial charge in [0.25, 0.3) is 0 Å². The summed E-state index contributed by atoms with van der Waals surface area (Å²) in [4.78, 5) is 28.6. The number of rotatable bonds is 6. The molecule has 3 amide bonds. The van der Waals surface area contributed by atoms with Crippen LogP contribution in [-0.4, -0.2) is 54.0 Å². The molecule has 0 aromatic carbocycles. The SMILES string of the molecule is CCCCCC(C)NC(=O)N1CCC(C(=O)N2CCCC2)CC1. The quantitative estimate of drug-likeness (QED) is 0.764. The number of unbranched alkanes of at least 4 members (excludes halogenated alkanes) is 2. The lowest BCUT2D eigenvalue weighted by molar-refractivity contribution is -0.135. The van der Waals surface area contributed by atoms with Gasteiger partial charge in [-0.1, -0.05) is 26.2 Å². The Hall–Kier alpha value is -1.26. The number of urea groups is 1. The van der Waals surface area contributed by atoms with E-state index in [1.165, 1.54) is 19.3 Å². The predicted molar refractivity (Wildman–Crippen MR) is 92.2 cm³/mol. The van der Waals surface area contributed by atoms with Crippen molar-refractivity contribution < 1.29 is 9.59 Å². The molecule has 2 heterocycles. The van der Waals surface area contributed by atoms with E-state index in [9.17, 15) is 9.59 Å². The van der Waals surface area contributed by atoms with Crippen molar-refractivity contribution in [3.63, 3.8) is 0 Å². The van der Waals surface area contributed by atoms with E-state index >= 15 is 0 Å². The maximum atomic E-state index is 12.4. The molecule has 2 saturated heterocycles. The monoisotopic (exact) mass is 323 g/mol. The molecular formula is C18H33N3O2. The second-order valence-corrected chi connectivity index (χ2v) is 7.14. The Morgan fingerprint density at radius 3 is 2.30 bits per heavy atom. The first-order valence-corrected chi connectivity index (χ1v) is 9.46. The smallest absolute Gasteiger partial charge is 0.317 e. The lowest BCUT2D eigenvalue weighted by atomic mass is 9.95. The summed E-state index contributed by atoms with van der Waals surface area (Å²) in [7, 11) is 0. The van der Waals surface area contributed by atoms with Crippen molar-refractivity contribution >= 4 is 11.9 Å². The van der Waals surface area contributed by atoms with Gasteiger partial charge in [0.1, 0.15) is 0 Å². The third-order valence-electron chi connectivity index (χ3n) is 5.16. The van der Waals surface area contributed by atoms with Gasteiger partial charge in [-0.25, -0.2) is 4.79 Å². The zero-order valence-electron chi connectivity index (χ0n) is 14.9. The van der Waals surface area contributed by atoms with Crippen LogP contribution in [0, 0.1) is 5.92 Å². The normalized spacial score (nSPS) is 20.6. The van der Waals surface area contributed by atoms with Gasteiger partial charge in [0.2, 0.25) is 5.91 Å². The molecule has 2 fully saturated rings. The van der Waals surface area contributed by atoms with Crippen LogP contribution in [0.2, 0.25) is 0 Å². The molecule has 132 valence electrons. The number of likely N-dealkylation sites (tertiary alicyclic amines) is 2. The largest absolute Gasteiger partial charge is 0.342 e. The molecule has 0 aromatic rings. The molecule has 0 radical (unpaired) electrons. The van der Waals surface area contributed by atoms with Gasteiger partial charge in [0, 0.05) is 38.1 Å². The molecule has 2 aliphatic heterocycles. The highest BCUT2D eigenvalue weighted by molar-refractivity contribution is 5.80. The standard InChI is InChI=1S/C18H33N3O2/c1-3-4-5-8-15(2)19-18(23)21-13-9-16(10-14-21)17(22)20-11-6-7-12-20/h15-16H,3-14H2,1-2H3,(H,19,23). The summed E-state index contributed by atoms with van der Waals surface area (Å²) < 4.78 is 0. The van der Waals surface area contributed by atoms with Crippen LogP contribution in [0.4, 0.5) is 4.79 Å². The Kier molecular flexibility index (Phi) is 7.18. The molecule has 0 saturated carbocycles. The van der Waals surface area contributed by atoms with E-state index in [-0.39, 0.29) is 18.0 Å². The molecule has 1 N–H and O–H groups in total. The Morgan fingerprint density at radius 2 is 1.70 bits per heavy atom. The minimum atomic E-state index is 0.0427. The van der Waals surface area contributed by atoms with Crippen molar-refractivity contribution in [2.24, 2.45) is 5.92 Å². The van der Waals surface area contributed by atoms with E-state index in [0.717, 1.165) is 45.2 Å². The van der Waals surface area contributed by atoms with Crippen LogP contribution in [0.5, 0.6) is 0 Å². The lowest BCUT2D eigenvalue weighted by Crippen LogP contribution is -2.49. The fourth-order valence-corrected chi connectivity index (χ4v) is 3.60. The molecule has 5 nitrogen and oxygen atoms in total. The van der Waals surface area contributed by atoms with Gasteiger partial charge in [0.15, 0.2) is 0 Å². The second kappa shape index (κ2) is 9.14. The van der Waals surface area contributed by atoms with E-state index in [1.807, 2.05) is 9.80 Å².